The number of hydrogen-bond donors (Lipinski definition) is 1. The number of rotatable bonds is 3. The monoisotopic (exact) mass is 253 g/mol. The quantitative estimate of drug-likeness (QED) is 0.785. The lowest BCUT2D eigenvalue weighted by atomic mass is 9.67. The van der Waals surface area contributed by atoms with Crippen LogP contribution in [0.15, 0.2) is 0 Å². The molecule has 4 heteroatoms. The maximum atomic E-state index is 12.5. The van der Waals surface area contributed by atoms with Crippen molar-refractivity contribution in [3.8, 4) is 0 Å². The first-order chi connectivity index (χ1) is 8.49. The maximum Gasteiger partial charge on any atom is 0.319 e. The molecule has 102 valence electrons. The second kappa shape index (κ2) is 4.90. The standard InChI is InChI=1S/C14H23NO3/c1-10-6-3-4-7-11(10)15(2)12(16)14(13(17)18)8-5-9-14/h10-11H,3-9H2,1-2H3,(H,17,18). The zero-order valence-electron chi connectivity index (χ0n) is 11.3. The van der Waals surface area contributed by atoms with Gasteiger partial charge in [-0.3, -0.25) is 9.59 Å². The first-order valence-corrected chi connectivity index (χ1v) is 7.00. The lowest BCUT2D eigenvalue weighted by Gasteiger charge is -2.43. The van der Waals surface area contributed by atoms with Gasteiger partial charge in [0.15, 0.2) is 0 Å². The zero-order chi connectivity index (χ0) is 13.3. The van der Waals surface area contributed by atoms with Crippen LogP contribution in [0, 0.1) is 11.3 Å². The molecule has 0 aromatic carbocycles. The average molecular weight is 253 g/mol. The molecule has 2 aliphatic carbocycles. The Balaban J connectivity index is 2.10. The average Bonchev–Trinajstić information content (AvgIpc) is 2.26. The van der Waals surface area contributed by atoms with E-state index in [1.165, 1.54) is 6.42 Å². The SMILES string of the molecule is CC1CCCCC1N(C)C(=O)C1(C(=O)O)CCC1. The smallest absolute Gasteiger partial charge is 0.319 e. The second-order valence-corrected chi connectivity index (χ2v) is 5.99. The highest BCUT2D eigenvalue weighted by Crippen LogP contribution is 2.43. The van der Waals surface area contributed by atoms with Gasteiger partial charge in [-0.2, -0.15) is 0 Å². The van der Waals surface area contributed by atoms with Gasteiger partial charge in [0.2, 0.25) is 5.91 Å². The summed E-state index contributed by atoms with van der Waals surface area (Å²) >= 11 is 0. The first kappa shape index (κ1) is 13.4. The minimum Gasteiger partial charge on any atom is -0.480 e. The fourth-order valence-corrected chi connectivity index (χ4v) is 3.41. The Morgan fingerprint density at radius 2 is 1.78 bits per heavy atom. The van der Waals surface area contributed by atoms with E-state index in [9.17, 15) is 14.7 Å². The molecule has 0 aromatic rings. The molecule has 2 unspecified atom stereocenters. The first-order valence-electron chi connectivity index (χ1n) is 7.00. The van der Waals surface area contributed by atoms with Crippen molar-refractivity contribution >= 4 is 11.9 Å². The van der Waals surface area contributed by atoms with Crippen LogP contribution < -0.4 is 0 Å². The van der Waals surface area contributed by atoms with Gasteiger partial charge < -0.3 is 10.0 Å². The largest absolute Gasteiger partial charge is 0.480 e. The summed E-state index contributed by atoms with van der Waals surface area (Å²) in [4.78, 5) is 25.6. The molecule has 1 N–H and O–H groups in total. The van der Waals surface area contributed by atoms with E-state index in [1.807, 2.05) is 0 Å². The number of aliphatic carboxylic acids is 1. The summed E-state index contributed by atoms with van der Waals surface area (Å²) in [5.41, 5.74) is -1.11. The summed E-state index contributed by atoms with van der Waals surface area (Å²) in [5, 5.41) is 9.32. The topological polar surface area (TPSA) is 57.6 Å². The zero-order valence-corrected chi connectivity index (χ0v) is 11.3. The van der Waals surface area contributed by atoms with Gasteiger partial charge in [-0.05, 0) is 31.6 Å². The van der Waals surface area contributed by atoms with E-state index in [4.69, 9.17) is 0 Å². The Morgan fingerprint density at radius 1 is 1.17 bits per heavy atom. The molecule has 2 fully saturated rings. The van der Waals surface area contributed by atoms with Crippen molar-refractivity contribution in [3.63, 3.8) is 0 Å². The third-order valence-corrected chi connectivity index (χ3v) is 4.91. The molecule has 4 nitrogen and oxygen atoms in total. The number of carboxylic acids is 1. The van der Waals surface area contributed by atoms with Gasteiger partial charge >= 0.3 is 5.97 Å². The van der Waals surface area contributed by atoms with Crippen LogP contribution in [-0.2, 0) is 9.59 Å². The van der Waals surface area contributed by atoms with Crippen LogP contribution in [0.1, 0.15) is 51.9 Å². The number of carbonyl (C=O) groups excluding carboxylic acids is 1. The van der Waals surface area contributed by atoms with Gasteiger partial charge in [0, 0.05) is 13.1 Å². The molecule has 1 amide bonds. The summed E-state index contributed by atoms with van der Waals surface area (Å²) in [6.07, 6.45) is 6.39. The molecule has 0 aromatic heterocycles. The van der Waals surface area contributed by atoms with Crippen LogP contribution in [0.4, 0.5) is 0 Å². The minimum absolute atomic E-state index is 0.167. The van der Waals surface area contributed by atoms with Crippen LogP contribution in [0.5, 0.6) is 0 Å². The molecule has 2 atom stereocenters. The minimum atomic E-state index is -1.11. The molecular weight excluding hydrogens is 230 g/mol. The maximum absolute atomic E-state index is 12.5. The molecule has 2 saturated carbocycles. The molecule has 0 heterocycles. The molecule has 0 aliphatic heterocycles. The summed E-state index contributed by atoms with van der Waals surface area (Å²) in [6, 6.07) is 0.225. The molecule has 18 heavy (non-hydrogen) atoms. The fraction of sp³-hybridized carbons (Fsp3) is 0.857. The Morgan fingerprint density at radius 3 is 2.22 bits per heavy atom. The van der Waals surface area contributed by atoms with Gasteiger partial charge in [-0.15, -0.1) is 0 Å². The van der Waals surface area contributed by atoms with Crippen LogP contribution in [0.2, 0.25) is 0 Å². The van der Waals surface area contributed by atoms with Crippen molar-refractivity contribution in [2.24, 2.45) is 11.3 Å². The predicted octanol–water partition coefficient (Wildman–Crippen LogP) is 2.28. The summed E-state index contributed by atoms with van der Waals surface area (Å²) < 4.78 is 0. The third kappa shape index (κ3) is 2.02. The van der Waals surface area contributed by atoms with Gasteiger partial charge in [-0.25, -0.2) is 0 Å². The normalized spacial score (nSPS) is 30.3. The van der Waals surface area contributed by atoms with Crippen LogP contribution in [0.3, 0.4) is 0 Å². The van der Waals surface area contributed by atoms with Crippen molar-refractivity contribution < 1.29 is 14.7 Å². The van der Waals surface area contributed by atoms with E-state index in [1.54, 1.807) is 11.9 Å². The van der Waals surface area contributed by atoms with Crippen molar-refractivity contribution in [2.45, 2.75) is 57.9 Å². The number of nitrogens with zero attached hydrogens (tertiary/aromatic N) is 1. The Kier molecular flexibility index (Phi) is 3.64. The van der Waals surface area contributed by atoms with Crippen molar-refractivity contribution in [1.82, 2.24) is 4.90 Å². The van der Waals surface area contributed by atoms with Crippen LogP contribution in [0.25, 0.3) is 0 Å². The molecule has 0 bridgehead atoms. The molecule has 2 aliphatic rings. The van der Waals surface area contributed by atoms with E-state index in [0.29, 0.717) is 18.8 Å². The van der Waals surface area contributed by atoms with Gasteiger partial charge in [0.1, 0.15) is 5.41 Å². The van der Waals surface area contributed by atoms with E-state index in [2.05, 4.69) is 6.92 Å². The molecule has 0 spiro atoms. The summed E-state index contributed by atoms with van der Waals surface area (Å²) in [5.74, 6) is -0.618. The van der Waals surface area contributed by atoms with Crippen molar-refractivity contribution in [2.75, 3.05) is 7.05 Å². The number of carboxylic acid groups (broad SMARTS) is 1. The van der Waals surface area contributed by atoms with E-state index in [-0.39, 0.29) is 11.9 Å². The van der Waals surface area contributed by atoms with Crippen LogP contribution in [-0.4, -0.2) is 35.0 Å². The predicted molar refractivity (Wildman–Crippen MR) is 68.1 cm³/mol. The fourth-order valence-electron chi connectivity index (χ4n) is 3.41. The number of carbonyl (C=O) groups is 2. The lowest BCUT2D eigenvalue weighted by Crippen LogP contribution is -2.55. The van der Waals surface area contributed by atoms with E-state index >= 15 is 0 Å². The Hall–Kier alpha value is -1.06. The highest BCUT2D eigenvalue weighted by Gasteiger charge is 2.53. The van der Waals surface area contributed by atoms with Crippen molar-refractivity contribution in [3.05, 3.63) is 0 Å². The van der Waals surface area contributed by atoms with E-state index in [0.717, 1.165) is 25.7 Å². The molecule has 0 radical (unpaired) electrons. The Labute approximate surface area is 108 Å². The lowest BCUT2D eigenvalue weighted by molar-refractivity contribution is -0.168. The van der Waals surface area contributed by atoms with Crippen molar-refractivity contribution in [1.29, 1.82) is 0 Å². The molecule has 2 rings (SSSR count). The summed E-state index contributed by atoms with van der Waals surface area (Å²) in [7, 11) is 1.79. The van der Waals surface area contributed by atoms with Crippen LogP contribution >= 0.6 is 0 Å². The second-order valence-electron chi connectivity index (χ2n) is 5.99. The number of hydrogen-bond acceptors (Lipinski definition) is 2. The molecule has 0 saturated heterocycles. The Bertz CT molecular complexity index is 349. The summed E-state index contributed by atoms with van der Waals surface area (Å²) in [6.45, 7) is 2.17. The third-order valence-electron chi connectivity index (χ3n) is 4.91. The van der Waals surface area contributed by atoms with Gasteiger partial charge in [0.25, 0.3) is 0 Å². The highest BCUT2D eigenvalue weighted by molar-refractivity contribution is 6.02. The van der Waals surface area contributed by atoms with Gasteiger partial charge in [0.05, 0.1) is 0 Å². The molecular formula is C14H23NO3. The highest BCUT2D eigenvalue weighted by atomic mass is 16.4. The van der Waals surface area contributed by atoms with Gasteiger partial charge in [-0.1, -0.05) is 26.2 Å². The number of amides is 1. The van der Waals surface area contributed by atoms with E-state index < -0.39 is 11.4 Å².